The highest BCUT2D eigenvalue weighted by Gasteiger charge is 2.14. The SMILES string of the molecule is C=CCC(=O)OCC=CNC(=O)OC(C)(C)C. The molecule has 0 atom stereocenters. The Balaban J connectivity index is 3.71. The van der Waals surface area contributed by atoms with Gasteiger partial charge in [0.2, 0.25) is 0 Å². The third-order valence-electron chi connectivity index (χ3n) is 1.37. The summed E-state index contributed by atoms with van der Waals surface area (Å²) in [7, 11) is 0. The van der Waals surface area contributed by atoms with Crippen molar-refractivity contribution in [1.82, 2.24) is 5.32 Å². The first-order valence-corrected chi connectivity index (χ1v) is 5.26. The second kappa shape index (κ2) is 7.49. The van der Waals surface area contributed by atoms with Gasteiger partial charge in [-0.3, -0.25) is 10.1 Å². The molecule has 0 aliphatic heterocycles. The fraction of sp³-hybridized carbons (Fsp3) is 0.500. The van der Waals surface area contributed by atoms with Gasteiger partial charge in [-0.2, -0.15) is 0 Å². The van der Waals surface area contributed by atoms with Gasteiger partial charge in [0.05, 0.1) is 6.42 Å². The summed E-state index contributed by atoms with van der Waals surface area (Å²) in [6.07, 6.45) is 3.96. The molecular formula is C12H19NO4. The number of nitrogens with one attached hydrogen (secondary N) is 1. The zero-order chi connectivity index (χ0) is 13.3. The van der Waals surface area contributed by atoms with Gasteiger partial charge >= 0.3 is 12.1 Å². The molecule has 0 fully saturated rings. The molecule has 5 heteroatoms. The van der Waals surface area contributed by atoms with Crippen LogP contribution in [-0.4, -0.2) is 24.3 Å². The minimum atomic E-state index is -0.550. The molecule has 0 aromatic heterocycles. The van der Waals surface area contributed by atoms with Crippen LogP contribution in [-0.2, 0) is 14.3 Å². The van der Waals surface area contributed by atoms with Crippen LogP contribution in [0.5, 0.6) is 0 Å². The lowest BCUT2D eigenvalue weighted by Gasteiger charge is -2.18. The summed E-state index contributed by atoms with van der Waals surface area (Å²) in [6.45, 7) is 8.82. The average molecular weight is 241 g/mol. The minimum Gasteiger partial charge on any atom is -0.461 e. The van der Waals surface area contributed by atoms with Crippen LogP contribution in [0.1, 0.15) is 27.2 Å². The van der Waals surface area contributed by atoms with Crippen molar-refractivity contribution in [3.8, 4) is 0 Å². The van der Waals surface area contributed by atoms with E-state index in [2.05, 4.69) is 11.9 Å². The van der Waals surface area contributed by atoms with Crippen LogP contribution >= 0.6 is 0 Å². The monoisotopic (exact) mass is 241 g/mol. The van der Waals surface area contributed by atoms with Crippen LogP contribution in [0.15, 0.2) is 24.9 Å². The van der Waals surface area contributed by atoms with Gasteiger partial charge in [-0.15, -0.1) is 6.58 Å². The zero-order valence-electron chi connectivity index (χ0n) is 10.5. The van der Waals surface area contributed by atoms with E-state index < -0.39 is 11.7 Å². The van der Waals surface area contributed by atoms with Gasteiger partial charge in [-0.25, -0.2) is 4.79 Å². The van der Waals surface area contributed by atoms with Crippen LogP contribution in [0.2, 0.25) is 0 Å². The Morgan fingerprint density at radius 2 is 2.00 bits per heavy atom. The van der Waals surface area contributed by atoms with Gasteiger partial charge in [0.25, 0.3) is 0 Å². The van der Waals surface area contributed by atoms with Crippen LogP contribution in [0.3, 0.4) is 0 Å². The van der Waals surface area contributed by atoms with Crippen LogP contribution in [0.4, 0.5) is 4.79 Å². The number of carbonyl (C=O) groups excluding carboxylic acids is 2. The summed E-state index contributed by atoms with van der Waals surface area (Å²) < 4.78 is 9.76. The number of esters is 1. The normalized spacial score (nSPS) is 11.0. The highest BCUT2D eigenvalue weighted by molar-refractivity contribution is 5.71. The van der Waals surface area contributed by atoms with Crippen molar-refractivity contribution in [2.45, 2.75) is 32.8 Å². The summed E-state index contributed by atoms with van der Waals surface area (Å²) in [6, 6.07) is 0. The second-order valence-corrected chi connectivity index (χ2v) is 4.22. The maximum absolute atomic E-state index is 11.2. The Hall–Kier alpha value is -1.78. The van der Waals surface area contributed by atoms with Gasteiger partial charge in [-0.1, -0.05) is 6.08 Å². The Kier molecular flexibility index (Phi) is 6.70. The molecule has 17 heavy (non-hydrogen) atoms. The molecule has 0 saturated carbocycles. The maximum Gasteiger partial charge on any atom is 0.411 e. The van der Waals surface area contributed by atoms with Gasteiger partial charge in [0, 0.05) is 6.20 Å². The number of alkyl carbamates (subject to hydrolysis) is 1. The Labute approximate surface area is 101 Å². The summed E-state index contributed by atoms with van der Waals surface area (Å²) >= 11 is 0. The average Bonchev–Trinajstić information content (AvgIpc) is 2.14. The molecule has 1 amide bonds. The largest absolute Gasteiger partial charge is 0.461 e. The number of carbonyl (C=O) groups is 2. The first-order valence-electron chi connectivity index (χ1n) is 5.26. The van der Waals surface area contributed by atoms with E-state index in [1.54, 1.807) is 20.8 Å². The maximum atomic E-state index is 11.2. The van der Waals surface area contributed by atoms with Crippen molar-refractivity contribution < 1.29 is 19.1 Å². The van der Waals surface area contributed by atoms with E-state index >= 15 is 0 Å². The van der Waals surface area contributed by atoms with E-state index in [1.807, 2.05) is 0 Å². The van der Waals surface area contributed by atoms with Crippen molar-refractivity contribution in [3.63, 3.8) is 0 Å². The lowest BCUT2D eigenvalue weighted by molar-refractivity contribution is -0.141. The molecule has 96 valence electrons. The molecule has 0 rings (SSSR count). The lowest BCUT2D eigenvalue weighted by atomic mass is 10.2. The van der Waals surface area contributed by atoms with E-state index in [0.717, 1.165) is 0 Å². The van der Waals surface area contributed by atoms with Crippen LogP contribution in [0.25, 0.3) is 0 Å². The quantitative estimate of drug-likeness (QED) is 0.591. The van der Waals surface area contributed by atoms with Crippen LogP contribution in [0, 0.1) is 0 Å². The molecule has 0 bridgehead atoms. The van der Waals surface area contributed by atoms with Gasteiger partial charge in [0.15, 0.2) is 0 Å². The Morgan fingerprint density at radius 1 is 1.35 bits per heavy atom. The summed E-state index contributed by atoms with van der Waals surface area (Å²) in [5, 5.41) is 2.39. The highest BCUT2D eigenvalue weighted by atomic mass is 16.6. The standard InChI is InChI=1S/C12H19NO4/c1-5-7-10(14)16-9-6-8-13-11(15)17-12(2,3)4/h5-6,8H,1,7,9H2,2-4H3,(H,13,15). The van der Waals surface area contributed by atoms with E-state index in [9.17, 15) is 9.59 Å². The predicted octanol–water partition coefficient (Wildman–Crippen LogP) is 2.14. The smallest absolute Gasteiger partial charge is 0.411 e. The zero-order valence-corrected chi connectivity index (χ0v) is 10.5. The molecule has 1 N–H and O–H groups in total. The highest BCUT2D eigenvalue weighted by Crippen LogP contribution is 2.06. The Bertz CT molecular complexity index is 302. The summed E-state index contributed by atoms with van der Waals surface area (Å²) in [5.74, 6) is -0.359. The number of hydrogen-bond acceptors (Lipinski definition) is 4. The molecule has 0 spiro atoms. The molecule has 0 unspecified atom stereocenters. The number of amides is 1. The fourth-order valence-corrected chi connectivity index (χ4v) is 0.800. The van der Waals surface area contributed by atoms with Crippen molar-refractivity contribution in [2.75, 3.05) is 6.61 Å². The van der Waals surface area contributed by atoms with E-state index in [0.29, 0.717) is 0 Å². The molecule has 0 saturated heterocycles. The minimum absolute atomic E-state index is 0.0997. The van der Waals surface area contributed by atoms with Gasteiger partial charge in [0.1, 0.15) is 12.2 Å². The van der Waals surface area contributed by atoms with Crippen molar-refractivity contribution in [3.05, 3.63) is 24.9 Å². The molecule has 0 aromatic carbocycles. The number of rotatable bonds is 5. The molecular weight excluding hydrogens is 222 g/mol. The third kappa shape index (κ3) is 10.5. The van der Waals surface area contributed by atoms with Crippen molar-refractivity contribution in [2.24, 2.45) is 0 Å². The van der Waals surface area contributed by atoms with Crippen molar-refractivity contribution in [1.29, 1.82) is 0 Å². The first kappa shape index (κ1) is 15.2. The number of hydrogen-bond donors (Lipinski definition) is 1. The fourth-order valence-electron chi connectivity index (χ4n) is 0.800. The third-order valence-corrected chi connectivity index (χ3v) is 1.37. The number of ether oxygens (including phenoxy) is 2. The molecule has 5 nitrogen and oxygen atoms in total. The predicted molar refractivity (Wildman–Crippen MR) is 64.3 cm³/mol. The lowest BCUT2D eigenvalue weighted by Crippen LogP contribution is -2.29. The molecule has 0 heterocycles. The topological polar surface area (TPSA) is 64.6 Å². The van der Waals surface area contributed by atoms with Gasteiger partial charge < -0.3 is 9.47 Å². The molecule has 0 aliphatic carbocycles. The summed E-state index contributed by atoms with van der Waals surface area (Å²) in [4.78, 5) is 22.0. The van der Waals surface area contributed by atoms with Gasteiger partial charge in [-0.05, 0) is 26.8 Å². The second-order valence-electron chi connectivity index (χ2n) is 4.22. The molecule has 0 radical (unpaired) electrons. The molecule has 0 aromatic rings. The van der Waals surface area contributed by atoms with E-state index in [4.69, 9.17) is 9.47 Å². The summed E-state index contributed by atoms with van der Waals surface area (Å²) in [5.41, 5.74) is -0.533. The first-order chi connectivity index (χ1) is 7.85. The van der Waals surface area contributed by atoms with E-state index in [-0.39, 0.29) is 19.0 Å². The molecule has 0 aliphatic rings. The van der Waals surface area contributed by atoms with Crippen molar-refractivity contribution >= 4 is 12.1 Å². The van der Waals surface area contributed by atoms with E-state index in [1.165, 1.54) is 18.4 Å². The van der Waals surface area contributed by atoms with Crippen LogP contribution < -0.4 is 5.32 Å². The Morgan fingerprint density at radius 3 is 2.53 bits per heavy atom.